The van der Waals surface area contributed by atoms with Gasteiger partial charge in [-0.2, -0.15) is 0 Å². The standard InChI is InChI=1S/C14H20N4O2/c15-7-6-12-8-18(9-12)13(16)17-14(19)20-10-11-4-2-1-3-5-11/h1-5,12H,6-10,15H2,(H2,16,17,19). The molecule has 108 valence electrons. The first-order chi connectivity index (χ1) is 9.69. The number of amides is 1. The van der Waals surface area contributed by atoms with Gasteiger partial charge >= 0.3 is 6.09 Å². The molecule has 1 aliphatic heterocycles. The highest BCUT2D eigenvalue weighted by molar-refractivity contribution is 5.92. The molecule has 0 aliphatic carbocycles. The van der Waals surface area contributed by atoms with Gasteiger partial charge in [-0.25, -0.2) is 4.79 Å². The monoisotopic (exact) mass is 276 g/mol. The minimum atomic E-state index is -0.596. The van der Waals surface area contributed by atoms with Gasteiger partial charge in [-0.1, -0.05) is 30.3 Å². The lowest BCUT2D eigenvalue weighted by atomic mass is 9.97. The average Bonchev–Trinajstić information content (AvgIpc) is 2.41. The van der Waals surface area contributed by atoms with Crippen LogP contribution in [0, 0.1) is 11.3 Å². The van der Waals surface area contributed by atoms with Gasteiger partial charge < -0.3 is 15.4 Å². The fourth-order valence-electron chi connectivity index (χ4n) is 2.11. The molecule has 0 spiro atoms. The van der Waals surface area contributed by atoms with Crippen LogP contribution in [0.5, 0.6) is 0 Å². The predicted molar refractivity (Wildman–Crippen MR) is 76.2 cm³/mol. The van der Waals surface area contributed by atoms with E-state index in [1.807, 2.05) is 30.3 Å². The number of ether oxygens (including phenoxy) is 1. The van der Waals surface area contributed by atoms with Crippen molar-refractivity contribution in [1.82, 2.24) is 10.2 Å². The molecule has 0 saturated carbocycles. The molecule has 4 N–H and O–H groups in total. The van der Waals surface area contributed by atoms with E-state index in [1.54, 1.807) is 4.90 Å². The van der Waals surface area contributed by atoms with E-state index in [4.69, 9.17) is 15.9 Å². The number of hydrogen-bond acceptors (Lipinski definition) is 4. The number of carbonyl (C=O) groups is 1. The molecule has 0 bridgehead atoms. The summed E-state index contributed by atoms with van der Waals surface area (Å²) in [7, 11) is 0. The van der Waals surface area contributed by atoms with Gasteiger partial charge in [0.05, 0.1) is 0 Å². The molecule has 1 aromatic carbocycles. The van der Waals surface area contributed by atoms with Crippen molar-refractivity contribution in [3.63, 3.8) is 0 Å². The topological polar surface area (TPSA) is 91.4 Å². The van der Waals surface area contributed by atoms with Crippen LogP contribution >= 0.6 is 0 Å². The summed E-state index contributed by atoms with van der Waals surface area (Å²) in [6.07, 6.45) is 0.364. The largest absolute Gasteiger partial charge is 0.444 e. The van der Waals surface area contributed by atoms with Crippen LogP contribution < -0.4 is 11.1 Å². The van der Waals surface area contributed by atoms with Crippen molar-refractivity contribution in [1.29, 1.82) is 5.41 Å². The molecular formula is C14H20N4O2. The van der Waals surface area contributed by atoms with E-state index < -0.39 is 6.09 Å². The molecule has 1 heterocycles. The maximum atomic E-state index is 11.6. The highest BCUT2D eigenvalue weighted by atomic mass is 16.5. The normalized spacial score (nSPS) is 14.6. The van der Waals surface area contributed by atoms with Gasteiger partial charge in [0.2, 0.25) is 5.96 Å². The van der Waals surface area contributed by atoms with Crippen LogP contribution in [0.1, 0.15) is 12.0 Å². The zero-order chi connectivity index (χ0) is 14.4. The Morgan fingerprint density at radius 3 is 2.75 bits per heavy atom. The van der Waals surface area contributed by atoms with Crippen LogP contribution in [0.25, 0.3) is 0 Å². The number of hydrogen-bond donors (Lipinski definition) is 3. The fourth-order valence-corrected chi connectivity index (χ4v) is 2.11. The molecule has 0 atom stereocenters. The minimum Gasteiger partial charge on any atom is -0.444 e. The highest BCUT2D eigenvalue weighted by Gasteiger charge is 2.28. The van der Waals surface area contributed by atoms with Crippen LogP contribution in [0.15, 0.2) is 30.3 Å². The van der Waals surface area contributed by atoms with E-state index in [9.17, 15) is 4.79 Å². The quantitative estimate of drug-likeness (QED) is 0.568. The number of alkyl carbamates (subject to hydrolysis) is 1. The van der Waals surface area contributed by atoms with Crippen molar-refractivity contribution in [2.24, 2.45) is 11.7 Å². The van der Waals surface area contributed by atoms with E-state index in [-0.39, 0.29) is 12.6 Å². The SMILES string of the molecule is N=C(NC(=O)OCc1ccccc1)N1CC(CCN)C1. The number of rotatable bonds is 4. The van der Waals surface area contributed by atoms with Crippen molar-refractivity contribution >= 4 is 12.1 Å². The molecule has 0 radical (unpaired) electrons. The third-order valence-electron chi connectivity index (χ3n) is 3.28. The lowest BCUT2D eigenvalue weighted by Crippen LogP contribution is -2.55. The Balaban J connectivity index is 1.66. The van der Waals surface area contributed by atoms with Gasteiger partial charge in [-0.15, -0.1) is 0 Å². The Bertz CT molecular complexity index is 458. The van der Waals surface area contributed by atoms with Crippen molar-refractivity contribution in [2.45, 2.75) is 13.0 Å². The third-order valence-corrected chi connectivity index (χ3v) is 3.28. The summed E-state index contributed by atoms with van der Waals surface area (Å²) in [6, 6.07) is 9.43. The first kappa shape index (κ1) is 14.3. The van der Waals surface area contributed by atoms with Crippen LogP contribution in [0.4, 0.5) is 4.79 Å². The smallest absolute Gasteiger partial charge is 0.414 e. The van der Waals surface area contributed by atoms with Crippen LogP contribution in [0.2, 0.25) is 0 Å². The first-order valence-corrected chi connectivity index (χ1v) is 6.70. The summed E-state index contributed by atoms with van der Waals surface area (Å²) in [5, 5.41) is 10.2. The summed E-state index contributed by atoms with van der Waals surface area (Å²) in [5.74, 6) is 0.624. The molecule has 0 aromatic heterocycles. The van der Waals surface area contributed by atoms with Crippen molar-refractivity contribution in [3.8, 4) is 0 Å². The number of likely N-dealkylation sites (tertiary alicyclic amines) is 1. The number of nitrogens with one attached hydrogen (secondary N) is 2. The molecule has 1 aromatic rings. The van der Waals surface area contributed by atoms with E-state index in [0.29, 0.717) is 12.5 Å². The maximum Gasteiger partial charge on any atom is 0.414 e. The Morgan fingerprint density at radius 2 is 2.10 bits per heavy atom. The fraction of sp³-hybridized carbons (Fsp3) is 0.429. The van der Waals surface area contributed by atoms with E-state index >= 15 is 0 Å². The molecule has 2 rings (SSSR count). The summed E-state index contributed by atoms with van der Waals surface area (Å²) in [4.78, 5) is 13.4. The Kier molecular flexibility index (Phi) is 4.95. The molecule has 20 heavy (non-hydrogen) atoms. The zero-order valence-electron chi connectivity index (χ0n) is 11.3. The van der Waals surface area contributed by atoms with E-state index in [0.717, 1.165) is 25.1 Å². The van der Waals surface area contributed by atoms with Gasteiger partial charge in [-0.05, 0) is 24.4 Å². The van der Waals surface area contributed by atoms with Gasteiger partial charge in [0.15, 0.2) is 0 Å². The highest BCUT2D eigenvalue weighted by Crippen LogP contribution is 2.17. The van der Waals surface area contributed by atoms with Crippen molar-refractivity contribution in [2.75, 3.05) is 19.6 Å². The summed E-state index contributed by atoms with van der Waals surface area (Å²) >= 11 is 0. The van der Waals surface area contributed by atoms with Crippen LogP contribution in [-0.2, 0) is 11.3 Å². The number of nitrogens with zero attached hydrogens (tertiary/aromatic N) is 1. The molecule has 1 fully saturated rings. The lowest BCUT2D eigenvalue weighted by Gasteiger charge is -2.40. The molecule has 1 saturated heterocycles. The summed E-state index contributed by atoms with van der Waals surface area (Å²) in [5.41, 5.74) is 6.39. The molecule has 0 unspecified atom stereocenters. The minimum absolute atomic E-state index is 0.0938. The molecule has 6 nitrogen and oxygen atoms in total. The molecule has 1 amide bonds. The third kappa shape index (κ3) is 3.96. The Hall–Kier alpha value is -2.08. The zero-order valence-corrected chi connectivity index (χ0v) is 11.3. The molecule has 1 aliphatic rings. The predicted octanol–water partition coefficient (Wildman–Crippen LogP) is 1.13. The van der Waals surface area contributed by atoms with E-state index in [1.165, 1.54) is 0 Å². The first-order valence-electron chi connectivity index (χ1n) is 6.70. The molecular weight excluding hydrogens is 256 g/mol. The van der Waals surface area contributed by atoms with Crippen LogP contribution in [-0.4, -0.2) is 36.6 Å². The van der Waals surface area contributed by atoms with Crippen molar-refractivity contribution in [3.05, 3.63) is 35.9 Å². The van der Waals surface area contributed by atoms with Gasteiger partial charge in [0.1, 0.15) is 6.61 Å². The number of carbonyl (C=O) groups excluding carboxylic acids is 1. The second-order valence-corrected chi connectivity index (χ2v) is 4.88. The summed E-state index contributed by atoms with van der Waals surface area (Å²) < 4.78 is 5.05. The lowest BCUT2D eigenvalue weighted by molar-refractivity contribution is 0.137. The number of benzene rings is 1. The second kappa shape index (κ2) is 6.91. The maximum absolute atomic E-state index is 11.6. The van der Waals surface area contributed by atoms with Gasteiger partial charge in [0.25, 0.3) is 0 Å². The molecule has 6 heteroatoms. The Morgan fingerprint density at radius 1 is 1.40 bits per heavy atom. The second-order valence-electron chi connectivity index (χ2n) is 4.88. The van der Waals surface area contributed by atoms with E-state index in [2.05, 4.69) is 5.32 Å². The average molecular weight is 276 g/mol. The van der Waals surface area contributed by atoms with Gasteiger partial charge in [0, 0.05) is 13.1 Å². The number of nitrogens with two attached hydrogens (primary N) is 1. The van der Waals surface area contributed by atoms with Gasteiger partial charge in [-0.3, -0.25) is 10.7 Å². The van der Waals surface area contributed by atoms with Crippen molar-refractivity contribution < 1.29 is 9.53 Å². The van der Waals surface area contributed by atoms with Crippen LogP contribution in [0.3, 0.4) is 0 Å². The number of guanidine groups is 1. The summed E-state index contributed by atoms with van der Waals surface area (Å²) in [6.45, 7) is 2.41. The Labute approximate surface area is 118 Å².